The van der Waals surface area contributed by atoms with Crippen molar-refractivity contribution in [3.05, 3.63) is 29.8 Å². The lowest BCUT2D eigenvalue weighted by Crippen LogP contribution is -2.25. The van der Waals surface area contributed by atoms with Crippen LogP contribution in [0.15, 0.2) is 24.3 Å². The molecule has 1 rings (SSSR count). The lowest BCUT2D eigenvalue weighted by atomic mass is 10.1. The maximum Gasteiger partial charge on any atom is 0.220 e. The number of hydrogen-bond acceptors (Lipinski definition) is 2. The number of para-hydroxylation sites is 1. The van der Waals surface area contributed by atoms with Gasteiger partial charge >= 0.3 is 0 Å². The molecule has 100 valence electrons. The van der Waals surface area contributed by atoms with Crippen LogP contribution in [0.25, 0.3) is 0 Å². The Hall–Kier alpha value is -1.03. The molecule has 0 heterocycles. The normalized spacial score (nSPS) is 10.1. The molecular weight excluding hydrogens is 294 g/mol. The smallest absolute Gasteiger partial charge is 0.220 e. The molecule has 0 spiro atoms. The highest BCUT2D eigenvalue weighted by Gasteiger charge is 2.03. The Morgan fingerprint density at radius 1 is 1.33 bits per heavy atom. The molecule has 0 aliphatic heterocycles. The molecule has 0 aliphatic rings. The van der Waals surface area contributed by atoms with Crippen LogP contribution in [-0.4, -0.2) is 24.9 Å². The first-order chi connectivity index (χ1) is 8.77. The van der Waals surface area contributed by atoms with E-state index in [-0.39, 0.29) is 5.91 Å². The van der Waals surface area contributed by atoms with E-state index in [0.717, 1.165) is 35.9 Å². The minimum atomic E-state index is 0.130. The van der Waals surface area contributed by atoms with Crippen LogP contribution in [0.3, 0.4) is 0 Å². The van der Waals surface area contributed by atoms with Gasteiger partial charge in [-0.15, -0.1) is 0 Å². The van der Waals surface area contributed by atoms with Crippen LogP contribution in [0.4, 0.5) is 0 Å². The molecule has 4 heteroatoms. The molecule has 1 amide bonds. The summed E-state index contributed by atoms with van der Waals surface area (Å²) >= 11 is 3.35. The number of halogens is 1. The van der Waals surface area contributed by atoms with Gasteiger partial charge in [0.25, 0.3) is 0 Å². The van der Waals surface area contributed by atoms with Gasteiger partial charge in [0.15, 0.2) is 0 Å². The average Bonchev–Trinajstić information content (AvgIpc) is 2.39. The summed E-state index contributed by atoms with van der Waals surface area (Å²) in [5, 5.41) is 3.89. The maximum atomic E-state index is 11.5. The summed E-state index contributed by atoms with van der Waals surface area (Å²) < 4.78 is 5.26. The number of benzene rings is 1. The van der Waals surface area contributed by atoms with Gasteiger partial charge in [0.1, 0.15) is 5.75 Å². The zero-order valence-corrected chi connectivity index (χ0v) is 12.3. The molecule has 1 aromatic carbocycles. The Labute approximate surface area is 117 Å². The topological polar surface area (TPSA) is 38.3 Å². The number of carbonyl (C=O) groups excluding carboxylic acids is 1. The summed E-state index contributed by atoms with van der Waals surface area (Å²) in [5.74, 6) is 1.01. The molecule has 3 nitrogen and oxygen atoms in total. The molecule has 1 aromatic rings. The van der Waals surface area contributed by atoms with E-state index in [1.807, 2.05) is 24.3 Å². The quantitative estimate of drug-likeness (QED) is 0.592. The van der Waals surface area contributed by atoms with E-state index < -0.39 is 0 Å². The number of alkyl halides is 1. The summed E-state index contributed by atoms with van der Waals surface area (Å²) in [6.07, 6.45) is 3.39. The van der Waals surface area contributed by atoms with Crippen molar-refractivity contribution in [2.75, 3.05) is 19.0 Å². The summed E-state index contributed by atoms with van der Waals surface area (Å²) in [5.41, 5.74) is 1.13. The van der Waals surface area contributed by atoms with E-state index in [1.54, 1.807) is 7.11 Å². The third-order valence-corrected chi connectivity index (χ3v) is 3.26. The summed E-state index contributed by atoms with van der Waals surface area (Å²) in [4.78, 5) is 11.5. The zero-order chi connectivity index (χ0) is 13.2. The maximum absolute atomic E-state index is 11.5. The highest BCUT2D eigenvalue weighted by atomic mass is 79.9. The minimum absolute atomic E-state index is 0.130. The van der Waals surface area contributed by atoms with Gasteiger partial charge in [0.05, 0.1) is 7.11 Å². The number of carbonyl (C=O) groups is 1. The fraction of sp³-hybridized carbons (Fsp3) is 0.500. The van der Waals surface area contributed by atoms with Crippen LogP contribution < -0.4 is 10.1 Å². The molecule has 0 unspecified atom stereocenters. The number of amides is 1. The van der Waals surface area contributed by atoms with Crippen molar-refractivity contribution in [2.24, 2.45) is 0 Å². The van der Waals surface area contributed by atoms with Crippen molar-refractivity contribution in [2.45, 2.75) is 25.7 Å². The molecule has 18 heavy (non-hydrogen) atoms. The monoisotopic (exact) mass is 313 g/mol. The molecule has 0 atom stereocenters. The highest BCUT2D eigenvalue weighted by Crippen LogP contribution is 2.17. The minimum Gasteiger partial charge on any atom is -0.496 e. The predicted octanol–water partition coefficient (Wildman–Crippen LogP) is 2.92. The largest absolute Gasteiger partial charge is 0.496 e. The Morgan fingerprint density at radius 3 is 2.83 bits per heavy atom. The molecule has 0 radical (unpaired) electrons. The zero-order valence-electron chi connectivity index (χ0n) is 10.7. The Bertz CT molecular complexity index is 369. The van der Waals surface area contributed by atoms with Gasteiger partial charge in [-0.05, 0) is 30.9 Å². The van der Waals surface area contributed by atoms with Crippen molar-refractivity contribution in [1.29, 1.82) is 0 Å². The van der Waals surface area contributed by atoms with E-state index in [4.69, 9.17) is 4.74 Å². The first-order valence-electron chi connectivity index (χ1n) is 6.22. The van der Waals surface area contributed by atoms with Gasteiger partial charge < -0.3 is 10.1 Å². The predicted molar refractivity (Wildman–Crippen MR) is 77.4 cm³/mol. The van der Waals surface area contributed by atoms with Gasteiger partial charge in [0, 0.05) is 18.3 Å². The average molecular weight is 314 g/mol. The van der Waals surface area contributed by atoms with E-state index in [0.29, 0.717) is 13.0 Å². The van der Waals surface area contributed by atoms with Crippen molar-refractivity contribution < 1.29 is 9.53 Å². The van der Waals surface area contributed by atoms with Gasteiger partial charge in [-0.1, -0.05) is 34.1 Å². The molecule has 0 bridgehead atoms. The van der Waals surface area contributed by atoms with E-state index in [1.165, 1.54) is 0 Å². The van der Waals surface area contributed by atoms with Crippen molar-refractivity contribution in [1.82, 2.24) is 5.32 Å². The van der Waals surface area contributed by atoms with Crippen LogP contribution in [0.1, 0.15) is 24.8 Å². The second-order valence-electron chi connectivity index (χ2n) is 4.06. The van der Waals surface area contributed by atoms with E-state index in [2.05, 4.69) is 21.2 Å². The Balaban J connectivity index is 2.26. The highest BCUT2D eigenvalue weighted by molar-refractivity contribution is 9.09. The fourth-order valence-corrected chi connectivity index (χ4v) is 2.11. The Morgan fingerprint density at radius 2 is 2.11 bits per heavy atom. The fourth-order valence-electron chi connectivity index (χ4n) is 1.71. The molecule has 1 N–H and O–H groups in total. The lowest BCUT2D eigenvalue weighted by Gasteiger charge is -2.09. The number of methoxy groups -OCH3 is 1. The molecule has 0 saturated carbocycles. The van der Waals surface area contributed by atoms with Crippen molar-refractivity contribution in [3.8, 4) is 5.75 Å². The van der Waals surface area contributed by atoms with Gasteiger partial charge in [0.2, 0.25) is 5.91 Å². The van der Waals surface area contributed by atoms with Crippen molar-refractivity contribution >= 4 is 21.8 Å². The van der Waals surface area contributed by atoms with Gasteiger partial charge in [-0.3, -0.25) is 4.79 Å². The third kappa shape index (κ3) is 5.54. The van der Waals surface area contributed by atoms with E-state index >= 15 is 0 Å². The molecule has 0 aromatic heterocycles. The van der Waals surface area contributed by atoms with Gasteiger partial charge in [-0.2, -0.15) is 0 Å². The molecular formula is C14H20BrNO2. The second-order valence-corrected chi connectivity index (χ2v) is 4.85. The number of hydrogen-bond donors (Lipinski definition) is 1. The number of unbranched alkanes of at least 4 members (excludes halogenated alkanes) is 1. The summed E-state index contributed by atoms with van der Waals surface area (Å²) in [7, 11) is 1.66. The molecule has 0 saturated heterocycles. The second kappa shape index (κ2) is 8.97. The van der Waals surface area contributed by atoms with Crippen LogP contribution in [0.5, 0.6) is 5.75 Å². The van der Waals surface area contributed by atoms with Crippen LogP contribution in [-0.2, 0) is 11.2 Å². The number of rotatable bonds is 8. The SMILES string of the molecule is COc1ccccc1CCNC(=O)CCCCBr. The third-order valence-electron chi connectivity index (χ3n) is 2.70. The first-order valence-corrected chi connectivity index (χ1v) is 7.34. The lowest BCUT2D eigenvalue weighted by molar-refractivity contribution is -0.121. The summed E-state index contributed by atoms with van der Waals surface area (Å²) in [6, 6.07) is 7.89. The van der Waals surface area contributed by atoms with Crippen molar-refractivity contribution in [3.63, 3.8) is 0 Å². The van der Waals surface area contributed by atoms with Gasteiger partial charge in [-0.25, -0.2) is 0 Å². The Kier molecular flexibility index (Phi) is 7.49. The van der Waals surface area contributed by atoms with Crippen LogP contribution in [0.2, 0.25) is 0 Å². The van der Waals surface area contributed by atoms with E-state index in [9.17, 15) is 4.79 Å². The number of nitrogens with one attached hydrogen (secondary N) is 1. The standard InChI is InChI=1S/C14H20BrNO2/c1-18-13-7-3-2-6-12(13)9-11-16-14(17)8-4-5-10-15/h2-3,6-7H,4-5,8-11H2,1H3,(H,16,17). The summed E-state index contributed by atoms with van der Waals surface area (Å²) in [6.45, 7) is 0.660. The molecule has 0 aliphatic carbocycles. The number of ether oxygens (including phenoxy) is 1. The first kappa shape index (κ1) is 15.0. The van der Waals surface area contributed by atoms with Crippen LogP contribution in [0, 0.1) is 0 Å². The van der Waals surface area contributed by atoms with Crippen LogP contribution >= 0.6 is 15.9 Å². The molecule has 0 fully saturated rings.